The molecule has 0 unspecified atom stereocenters. The van der Waals surface area contributed by atoms with E-state index in [-0.39, 0.29) is 10.7 Å². The lowest BCUT2D eigenvalue weighted by atomic mass is 10.2. The van der Waals surface area contributed by atoms with Gasteiger partial charge in [-0.25, -0.2) is 13.8 Å². The molecule has 1 heterocycles. The Morgan fingerprint density at radius 3 is 2.57 bits per heavy atom. The van der Waals surface area contributed by atoms with E-state index in [1.54, 1.807) is 0 Å². The lowest BCUT2D eigenvalue weighted by molar-refractivity contribution is -0.385. The zero-order valence-electron chi connectivity index (χ0n) is 7.00. The van der Waals surface area contributed by atoms with Crippen molar-refractivity contribution in [1.29, 1.82) is 0 Å². The molecular weight excluding hydrogens is 218 g/mol. The van der Waals surface area contributed by atoms with Crippen LogP contribution in [0.25, 0.3) is 0 Å². The molecule has 7 heteroatoms. The summed E-state index contributed by atoms with van der Waals surface area (Å²) >= 11 is 5.46. The third-order valence-corrected chi connectivity index (χ3v) is 1.83. The average Bonchev–Trinajstić information content (AvgIpc) is 2.01. The fraction of sp³-hybridized carbons (Fsp3) is 0.286. The molecule has 0 saturated heterocycles. The first-order valence-corrected chi connectivity index (χ1v) is 3.91. The third kappa shape index (κ3) is 1.95. The van der Waals surface area contributed by atoms with Gasteiger partial charge in [0.25, 0.3) is 6.43 Å². The first kappa shape index (κ1) is 10.8. The summed E-state index contributed by atoms with van der Waals surface area (Å²) in [4.78, 5) is 13.0. The molecule has 0 N–H and O–H groups in total. The molecule has 0 atom stereocenters. The number of nitrogens with zero attached hydrogens (tertiary/aromatic N) is 2. The van der Waals surface area contributed by atoms with Crippen molar-refractivity contribution in [3.63, 3.8) is 0 Å². The van der Waals surface area contributed by atoms with Crippen LogP contribution in [-0.2, 0) is 0 Å². The molecule has 0 aliphatic carbocycles. The van der Waals surface area contributed by atoms with Crippen LogP contribution < -0.4 is 0 Å². The minimum atomic E-state index is -2.79. The lowest BCUT2D eigenvalue weighted by Crippen LogP contribution is -1.99. The molecule has 0 fully saturated rings. The monoisotopic (exact) mass is 222 g/mol. The van der Waals surface area contributed by atoms with E-state index >= 15 is 0 Å². The number of aromatic nitrogens is 1. The van der Waals surface area contributed by atoms with Crippen LogP contribution in [0.4, 0.5) is 14.5 Å². The van der Waals surface area contributed by atoms with Crippen LogP contribution in [0.5, 0.6) is 0 Å². The molecule has 0 radical (unpaired) electrons. The summed E-state index contributed by atoms with van der Waals surface area (Å²) in [6.07, 6.45) is -2.79. The Morgan fingerprint density at radius 2 is 2.21 bits per heavy atom. The van der Waals surface area contributed by atoms with Crippen LogP contribution in [-0.4, -0.2) is 9.91 Å². The molecular formula is C7H5ClF2N2O2. The molecule has 1 aromatic heterocycles. The summed E-state index contributed by atoms with van der Waals surface area (Å²) in [6.45, 7) is 1.26. The van der Waals surface area contributed by atoms with E-state index in [2.05, 4.69) is 4.98 Å². The fourth-order valence-corrected chi connectivity index (χ4v) is 1.30. The molecule has 0 amide bonds. The van der Waals surface area contributed by atoms with Gasteiger partial charge in [-0.2, -0.15) is 0 Å². The van der Waals surface area contributed by atoms with Crippen molar-refractivity contribution < 1.29 is 13.7 Å². The Balaban J connectivity index is 3.32. The molecule has 0 bridgehead atoms. The standard InChI is InChI=1S/C7H5ClF2N2O2/c1-3-6(12(13)14)4(8)2-5(11-3)7(9)10/h2,7H,1H3. The van der Waals surface area contributed by atoms with Crippen LogP contribution in [0.3, 0.4) is 0 Å². The zero-order chi connectivity index (χ0) is 10.9. The normalized spacial score (nSPS) is 10.6. The first-order valence-electron chi connectivity index (χ1n) is 3.53. The van der Waals surface area contributed by atoms with Gasteiger partial charge in [0.2, 0.25) is 0 Å². The van der Waals surface area contributed by atoms with Crippen molar-refractivity contribution >= 4 is 17.3 Å². The van der Waals surface area contributed by atoms with E-state index in [9.17, 15) is 18.9 Å². The summed E-state index contributed by atoms with van der Waals surface area (Å²) in [6, 6.07) is 0.803. The van der Waals surface area contributed by atoms with Gasteiger partial charge in [0.1, 0.15) is 16.4 Å². The number of alkyl halides is 2. The Hall–Kier alpha value is -1.30. The Labute approximate surface area is 82.7 Å². The van der Waals surface area contributed by atoms with Gasteiger partial charge in [-0.15, -0.1) is 0 Å². The number of rotatable bonds is 2. The van der Waals surface area contributed by atoms with E-state index in [4.69, 9.17) is 11.6 Å². The Bertz CT molecular complexity index is 361. The maximum Gasteiger partial charge on any atom is 0.308 e. The number of pyridine rings is 1. The second-order valence-electron chi connectivity index (χ2n) is 2.52. The predicted octanol–water partition coefficient (Wildman–Crippen LogP) is 2.89. The number of hydrogen-bond acceptors (Lipinski definition) is 3. The minimum absolute atomic E-state index is 0.113. The molecule has 0 aromatic carbocycles. The molecule has 76 valence electrons. The van der Waals surface area contributed by atoms with Gasteiger partial charge in [-0.3, -0.25) is 10.1 Å². The molecule has 1 aromatic rings. The number of nitro groups is 1. The average molecular weight is 223 g/mol. The van der Waals surface area contributed by atoms with Crippen LogP contribution in [0.15, 0.2) is 6.07 Å². The zero-order valence-corrected chi connectivity index (χ0v) is 7.76. The molecule has 0 aliphatic rings. The van der Waals surface area contributed by atoms with Crippen molar-refractivity contribution in [2.75, 3.05) is 0 Å². The predicted molar refractivity (Wildman–Crippen MR) is 45.6 cm³/mol. The summed E-state index contributed by atoms with van der Waals surface area (Å²) < 4.78 is 24.3. The molecule has 0 saturated carbocycles. The summed E-state index contributed by atoms with van der Waals surface area (Å²) in [5.74, 6) is 0. The SMILES string of the molecule is Cc1nc(C(F)F)cc(Cl)c1[N+](=O)[O-]. The maximum atomic E-state index is 12.2. The van der Waals surface area contributed by atoms with Crippen molar-refractivity contribution in [2.45, 2.75) is 13.3 Å². The summed E-state index contributed by atoms with van der Waals surface area (Å²) in [5, 5.41) is 10.1. The van der Waals surface area contributed by atoms with E-state index in [0.29, 0.717) is 0 Å². The van der Waals surface area contributed by atoms with Gasteiger partial charge < -0.3 is 0 Å². The highest BCUT2D eigenvalue weighted by Gasteiger charge is 2.21. The van der Waals surface area contributed by atoms with Gasteiger partial charge in [0.05, 0.1) is 4.92 Å². The van der Waals surface area contributed by atoms with E-state index < -0.39 is 22.7 Å². The van der Waals surface area contributed by atoms with E-state index in [0.717, 1.165) is 6.07 Å². The van der Waals surface area contributed by atoms with Crippen LogP contribution in [0.2, 0.25) is 5.02 Å². The van der Waals surface area contributed by atoms with Crippen molar-refractivity contribution in [3.8, 4) is 0 Å². The quantitative estimate of drug-likeness (QED) is 0.571. The first-order chi connectivity index (χ1) is 6.43. The minimum Gasteiger partial charge on any atom is -0.258 e. The summed E-state index contributed by atoms with van der Waals surface area (Å²) in [7, 11) is 0. The van der Waals surface area contributed by atoms with Gasteiger partial charge in [0.15, 0.2) is 0 Å². The number of aryl methyl sites for hydroxylation is 1. The number of halogens is 3. The van der Waals surface area contributed by atoms with Gasteiger partial charge in [-0.1, -0.05) is 11.6 Å². The van der Waals surface area contributed by atoms with Crippen LogP contribution in [0, 0.1) is 17.0 Å². The molecule has 14 heavy (non-hydrogen) atoms. The van der Waals surface area contributed by atoms with Crippen molar-refractivity contribution in [2.24, 2.45) is 0 Å². The van der Waals surface area contributed by atoms with Crippen molar-refractivity contribution in [1.82, 2.24) is 4.98 Å². The highest BCUT2D eigenvalue weighted by Crippen LogP contribution is 2.30. The number of hydrogen-bond donors (Lipinski definition) is 0. The van der Waals surface area contributed by atoms with Gasteiger partial charge in [0, 0.05) is 0 Å². The molecule has 4 nitrogen and oxygen atoms in total. The van der Waals surface area contributed by atoms with Gasteiger partial charge >= 0.3 is 5.69 Å². The molecule has 0 aliphatic heterocycles. The lowest BCUT2D eigenvalue weighted by Gasteiger charge is -2.02. The van der Waals surface area contributed by atoms with E-state index in [1.807, 2.05) is 0 Å². The molecule has 0 spiro atoms. The highest BCUT2D eigenvalue weighted by molar-refractivity contribution is 6.32. The molecule has 1 rings (SSSR count). The second kappa shape index (κ2) is 3.83. The smallest absolute Gasteiger partial charge is 0.258 e. The topological polar surface area (TPSA) is 56.0 Å². The van der Waals surface area contributed by atoms with Crippen LogP contribution >= 0.6 is 11.6 Å². The van der Waals surface area contributed by atoms with Gasteiger partial charge in [-0.05, 0) is 13.0 Å². The third-order valence-electron chi connectivity index (χ3n) is 1.55. The second-order valence-corrected chi connectivity index (χ2v) is 2.93. The summed E-state index contributed by atoms with van der Waals surface area (Å²) in [5.41, 5.74) is -1.10. The van der Waals surface area contributed by atoms with E-state index in [1.165, 1.54) is 6.92 Å². The fourth-order valence-electron chi connectivity index (χ4n) is 0.981. The largest absolute Gasteiger partial charge is 0.308 e. The maximum absolute atomic E-state index is 12.2. The Kier molecular flexibility index (Phi) is 2.95. The highest BCUT2D eigenvalue weighted by atomic mass is 35.5. The van der Waals surface area contributed by atoms with Crippen molar-refractivity contribution in [3.05, 3.63) is 32.6 Å². The van der Waals surface area contributed by atoms with Crippen LogP contribution in [0.1, 0.15) is 17.8 Å². The Morgan fingerprint density at radius 1 is 1.64 bits per heavy atom.